The fourth-order valence-corrected chi connectivity index (χ4v) is 4.08. The number of carbonyl (C=O) groups excluding carboxylic acids is 2. The number of benzene rings is 2. The topological polar surface area (TPSA) is 93.7 Å². The summed E-state index contributed by atoms with van der Waals surface area (Å²) in [6.07, 6.45) is 2.53. The van der Waals surface area contributed by atoms with Crippen LogP contribution >= 0.6 is 0 Å². The van der Waals surface area contributed by atoms with Crippen molar-refractivity contribution in [3.8, 4) is 0 Å². The van der Waals surface area contributed by atoms with Gasteiger partial charge in [0.25, 0.3) is 5.91 Å². The molecule has 1 fully saturated rings. The third kappa shape index (κ3) is 7.60. The van der Waals surface area contributed by atoms with Crippen LogP contribution in [0.5, 0.6) is 0 Å². The smallest absolute Gasteiger partial charge is 0.328 e. The lowest BCUT2D eigenvalue weighted by atomic mass is 10.1. The molecule has 1 saturated carbocycles. The molecule has 37 heavy (non-hydrogen) atoms. The molecule has 0 spiro atoms. The Morgan fingerprint density at radius 3 is 2.22 bits per heavy atom. The Balaban J connectivity index is 0.000000207. The summed E-state index contributed by atoms with van der Waals surface area (Å²) in [5.74, 6) is 0.631. The SMILES string of the molecule is COCC(=O)N(c1c(C)cccc1C)C(C)C(=O)OC.Cc1cc(C2CC2)nc(Nc2ccccc2)n1. The van der Waals surface area contributed by atoms with Gasteiger partial charge in [-0.05, 0) is 69.9 Å². The molecule has 0 saturated heterocycles. The van der Waals surface area contributed by atoms with E-state index in [4.69, 9.17) is 9.47 Å². The number of aryl methyl sites for hydroxylation is 3. The van der Waals surface area contributed by atoms with Crippen LogP contribution in [-0.2, 0) is 19.1 Å². The Bertz CT molecular complexity index is 1190. The molecule has 3 aromatic rings. The zero-order valence-electron chi connectivity index (χ0n) is 22.4. The number of rotatable bonds is 8. The molecule has 0 aliphatic heterocycles. The van der Waals surface area contributed by atoms with E-state index in [1.54, 1.807) is 6.92 Å². The average Bonchev–Trinajstić information content (AvgIpc) is 3.72. The molecule has 0 radical (unpaired) electrons. The van der Waals surface area contributed by atoms with E-state index in [1.165, 1.54) is 37.7 Å². The molecule has 1 amide bonds. The molecule has 1 aliphatic carbocycles. The molecular formula is C29H36N4O4. The average molecular weight is 505 g/mol. The molecule has 1 heterocycles. The van der Waals surface area contributed by atoms with Crippen LogP contribution in [0, 0.1) is 20.8 Å². The maximum absolute atomic E-state index is 12.3. The first kappa shape index (κ1) is 27.8. The number of esters is 1. The minimum atomic E-state index is -0.706. The summed E-state index contributed by atoms with van der Waals surface area (Å²) in [5.41, 5.74) is 5.80. The molecule has 1 N–H and O–H groups in total. The van der Waals surface area contributed by atoms with Gasteiger partial charge in [0.1, 0.15) is 12.6 Å². The molecule has 1 aromatic heterocycles. The standard InChI is InChI=1S/C15H21NO4.C14H15N3/c1-10-7-6-8-11(2)14(10)16(13(17)9-19-4)12(3)15(18)20-5;1-10-9-13(11-7-8-11)17-14(15-10)16-12-5-3-2-4-6-12/h6-8,12H,9H2,1-5H3;2-6,9,11H,7-8H2,1H3,(H,15,16,17). The highest BCUT2D eigenvalue weighted by molar-refractivity contribution is 6.01. The van der Waals surface area contributed by atoms with Crippen molar-refractivity contribution in [2.45, 2.75) is 52.5 Å². The van der Waals surface area contributed by atoms with Crippen molar-refractivity contribution < 1.29 is 19.1 Å². The van der Waals surface area contributed by atoms with Crippen LogP contribution in [0.4, 0.5) is 17.3 Å². The van der Waals surface area contributed by atoms with Crippen molar-refractivity contribution in [3.63, 3.8) is 0 Å². The molecular weight excluding hydrogens is 468 g/mol. The molecule has 1 unspecified atom stereocenters. The van der Waals surface area contributed by atoms with Crippen LogP contribution in [0.1, 0.15) is 48.2 Å². The zero-order chi connectivity index (χ0) is 26.9. The number of ether oxygens (including phenoxy) is 2. The summed E-state index contributed by atoms with van der Waals surface area (Å²) in [5, 5.41) is 3.25. The van der Waals surface area contributed by atoms with Crippen LogP contribution in [0.15, 0.2) is 54.6 Å². The highest BCUT2D eigenvalue weighted by atomic mass is 16.5. The Labute approximate surface area is 219 Å². The van der Waals surface area contributed by atoms with E-state index < -0.39 is 12.0 Å². The number of aromatic nitrogens is 2. The number of nitrogens with zero attached hydrogens (tertiary/aromatic N) is 3. The monoisotopic (exact) mass is 504 g/mol. The third-order valence-electron chi connectivity index (χ3n) is 6.05. The van der Waals surface area contributed by atoms with Crippen molar-refractivity contribution in [1.82, 2.24) is 9.97 Å². The van der Waals surface area contributed by atoms with E-state index in [0.29, 0.717) is 11.9 Å². The lowest BCUT2D eigenvalue weighted by molar-refractivity contribution is -0.143. The van der Waals surface area contributed by atoms with Gasteiger partial charge in [0.2, 0.25) is 5.95 Å². The molecule has 1 atom stereocenters. The minimum absolute atomic E-state index is 0.0882. The first-order valence-electron chi connectivity index (χ1n) is 12.4. The Hall–Kier alpha value is -3.78. The second-order valence-electron chi connectivity index (χ2n) is 9.16. The van der Waals surface area contributed by atoms with Gasteiger partial charge in [-0.1, -0.05) is 36.4 Å². The number of nitrogens with one attached hydrogen (secondary N) is 1. The quantitative estimate of drug-likeness (QED) is 0.419. The van der Waals surface area contributed by atoms with Crippen LogP contribution < -0.4 is 10.2 Å². The fourth-order valence-electron chi connectivity index (χ4n) is 4.08. The lowest BCUT2D eigenvalue weighted by Gasteiger charge is -2.30. The van der Waals surface area contributed by atoms with Gasteiger partial charge in [-0.15, -0.1) is 0 Å². The highest BCUT2D eigenvalue weighted by Crippen LogP contribution is 2.39. The summed E-state index contributed by atoms with van der Waals surface area (Å²) in [7, 11) is 2.76. The largest absolute Gasteiger partial charge is 0.467 e. The van der Waals surface area contributed by atoms with Crippen molar-refractivity contribution in [2.75, 3.05) is 31.0 Å². The van der Waals surface area contributed by atoms with Crippen LogP contribution in [-0.4, -0.2) is 48.7 Å². The normalized spacial score (nSPS) is 13.1. The van der Waals surface area contributed by atoms with Crippen LogP contribution in [0.25, 0.3) is 0 Å². The van der Waals surface area contributed by atoms with E-state index in [-0.39, 0.29) is 12.5 Å². The van der Waals surface area contributed by atoms with Gasteiger partial charge in [0.15, 0.2) is 0 Å². The second-order valence-corrected chi connectivity index (χ2v) is 9.16. The number of carbonyl (C=O) groups is 2. The predicted octanol–water partition coefficient (Wildman–Crippen LogP) is 5.25. The van der Waals surface area contributed by atoms with Gasteiger partial charge in [-0.3, -0.25) is 9.69 Å². The summed E-state index contributed by atoms with van der Waals surface area (Å²) < 4.78 is 9.65. The molecule has 0 bridgehead atoms. The summed E-state index contributed by atoms with van der Waals surface area (Å²) in [6.45, 7) is 7.38. The summed E-state index contributed by atoms with van der Waals surface area (Å²) in [6, 6.07) is 17.1. The van der Waals surface area contributed by atoms with Gasteiger partial charge in [-0.25, -0.2) is 14.8 Å². The third-order valence-corrected chi connectivity index (χ3v) is 6.05. The summed E-state index contributed by atoms with van der Waals surface area (Å²) >= 11 is 0. The Morgan fingerprint density at radius 2 is 1.65 bits per heavy atom. The fraction of sp³-hybridized carbons (Fsp3) is 0.379. The Kier molecular flexibility index (Phi) is 9.74. The molecule has 196 valence electrons. The minimum Gasteiger partial charge on any atom is -0.467 e. The second kappa shape index (κ2) is 13.0. The van der Waals surface area contributed by atoms with Gasteiger partial charge in [-0.2, -0.15) is 0 Å². The van der Waals surface area contributed by atoms with E-state index in [2.05, 4.69) is 21.4 Å². The first-order valence-corrected chi connectivity index (χ1v) is 12.4. The Morgan fingerprint density at radius 1 is 1.00 bits per heavy atom. The van der Waals surface area contributed by atoms with Crippen LogP contribution in [0.2, 0.25) is 0 Å². The van der Waals surface area contributed by atoms with E-state index in [0.717, 1.165) is 28.2 Å². The number of amides is 1. The van der Waals surface area contributed by atoms with Gasteiger partial charge < -0.3 is 14.8 Å². The number of hydrogen-bond donors (Lipinski definition) is 1. The molecule has 2 aromatic carbocycles. The summed E-state index contributed by atoms with van der Waals surface area (Å²) in [4.78, 5) is 34.5. The molecule has 4 rings (SSSR count). The van der Waals surface area contributed by atoms with E-state index >= 15 is 0 Å². The molecule has 8 heteroatoms. The predicted molar refractivity (Wildman–Crippen MR) is 145 cm³/mol. The first-order chi connectivity index (χ1) is 17.7. The van der Waals surface area contributed by atoms with Crippen molar-refractivity contribution in [1.29, 1.82) is 0 Å². The molecule has 8 nitrogen and oxygen atoms in total. The maximum atomic E-state index is 12.3. The maximum Gasteiger partial charge on any atom is 0.328 e. The number of methoxy groups -OCH3 is 2. The molecule has 1 aliphatic rings. The lowest BCUT2D eigenvalue weighted by Crippen LogP contribution is -2.46. The number of anilines is 3. The van der Waals surface area contributed by atoms with Gasteiger partial charge in [0.05, 0.1) is 12.8 Å². The van der Waals surface area contributed by atoms with E-state index in [9.17, 15) is 9.59 Å². The number of para-hydroxylation sites is 2. The zero-order valence-corrected chi connectivity index (χ0v) is 22.4. The van der Waals surface area contributed by atoms with Crippen molar-refractivity contribution in [3.05, 3.63) is 77.1 Å². The number of hydrogen-bond acceptors (Lipinski definition) is 7. The van der Waals surface area contributed by atoms with Crippen LogP contribution in [0.3, 0.4) is 0 Å². The van der Waals surface area contributed by atoms with Gasteiger partial charge >= 0.3 is 5.97 Å². The highest BCUT2D eigenvalue weighted by Gasteiger charge is 2.30. The van der Waals surface area contributed by atoms with E-state index in [1.807, 2.05) is 69.3 Å². The van der Waals surface area contributed by atoms with Crippen molar-refractivity contribution >= 4 is 29.2 Å². The van der Waals surface area contributed by atoms with Crippen molar-refractivity contribution in [2.24, 2.45) is 0 Å². The van der Waals surface area contributed by atoms with Gasteiger partial charge in [0, 0.05) is 30.1 Å².